The molecule has 2 aromatic carbocycles. The van der Waals surface area contributed by atoms with Crippen LogP contribution in [-0.2, 0) is 14.4 Å². The molecule has 1 saturated heterocycles. The first-order valence-electron chi connectivity index (χ1n) is 11.8. The zero-order valence-electron chi connectivity index (χ0n) is 20.5. The summed E-state index contributed by atoms with van der Waals surface area (Å²) in [4.78, 5) is 43.4. The van der Waals surface area contributed by atoms with Crippen LogP contribution in [0.25, 0.3) is 0 Å². The van der Waals surface area contributed by atoms with Gasteiger partial charge in [-0.05, 0) is 73.4 Å². The fraction of sp³-hybridized carbons (Fsp3) is 0.296. The number of methoxy groups -OCH3 is 1. The lowest BCUT2D eigenvalue weighted by molar-refractivity contribution is -0.125. The van der Waals surface area contributed by atoms with Gasteiger partial charge in [-0.3, -0.25) is 19.6 Å². The van der Waals surface area contributed by atoms with Gasteiger partial charge in [0.05, 0.1) is 7.11 Å². The predicted octanol–water partition coefficient (Wildman–Crippen LogP) is 3.40. The van der Waals surface area contributed by atoms with Gasteiger partial charge in [0.15, 0.2) is 0 Å². The van der Waals surface area contributed by atoms with E-state index < -0.39 is 5.91 Å². The van der Waals surface area contributed by atoms with Crippen LogP contribution < -0.4 is 24.9 Å². The number of anilines is 3. The number of hydrogen-bond donors (Lipinski definition) is 2. The Kier molecular flexibility index (Phi) is 7.40. The third-order valence-corrected chi connectivity index (χ3v) is 6.65. The maximum atomic E-state index is 13.8. The lowest BCUT2D eigenvalue weighted by Crippen LogP contribution is -2.43. The molecular weight excluding hydrogens is 460 g/mol. The molecule has 0 bridgehead atoms. The average molecular weight is 491 g/mol. The van der Waals surface area contributed by atoms with Gasteiger partial charge in [-0.2, -0.15) is 0 Å². The number of rotatable bonds is 7. The Morgan fingerprint density at radius 1 is 0.972 bits per heavy atom. The SMILES string of the molecule is C=C(C(=O)NO)C1=C(N(C)c2ccc(OC)cc2)C(=O)N(c2ccc(N3CCCCC3=O)cc2)CC1. The Morgan fingerprint density at radius 2 is 1.61 bits per heavy atom. The van der Waals surface area contributed by atoms with Crippen LogP contribution in [0.2, 0.25) is 0 Å². The van der Waals surface area contributed by atoms with Crippen LogP contribution in [0, 0.1) is 0 Å². The highest BCUT2D eigenvalue weighted by molar-refractivity contribution is 6.12. The number of hydroxylamine groups is 1. The number of hydrogen-bond acceptors (Lipinski definition) is 6. The Labute approximate surface area is 210 Å². The van der Waals surface area contributed by atoms with Gasteiger partial charge in [0.25, 0.3) is 11.8 Å². The molecule has 0 aliphatic carbocycles. The largest absolute Gasteiger partial charge is 0.497 e. The molecule has 2 N–H and O–H groups in total. The number of amides is 3. The Bertz CT molecular complexity index is 1200. The van der Waals surface area contributed by atoms with Gasteiger partial charge < -0.3 is 19.4 Å². The molecule has 3 amide bonds. The van der Waals surface area contributed by atoms with E-state index in [0.29, 0.717) is 42.9 Å². The molecule has 36 heavy (non-hydrogen) atoms. The van der Waals surface area contributed by atoms with Gasteiger partial charge in [-0.1, -0.05) is 6.58 Å². The molecule has 4 rings (SSSR count). The summed E-state index contributed by atoms with van der Waals surface area (Å²) in [6, 6.07) is 14.6. The first-order valence-corrected chi connectivity index (χ1v) is 11.8. The van der Waals surface area contributed by atoms with E-state index in [1.54, 1.807) is 46.5 Å². The number of piperidine rings is 1. The summed E-state index contributed by atoms with van der Waals surface area (Å²) in [7, 11) is 3.32. The fourth-order valence-electron chi connectivity index (χ4n) is 4.62. The Balaban J connectivity index is 1.67. The number of likely N-dealkylation sites (N-methyl/N-ethyl adjacent to an activating group) is 1. The van der Waals surface area contributed by atoms with Crippen LogP contribution in [0.1, 0.15) is 25.7 Å². The summed E-state index contributed by atoms with van der Waals surface area (Å²) in [6.45, 7) is 4.84. The summed E-state index contributed by atoms with van der Waals surface area (Å²) >= 11 is 0. The molecule has 0 atom stereocenters. The van der Waals surface area contributed by atoms with Crippen molar-refractivity contribution in [1.29, 1.82) is 0 Å². The van der Waals surface area contributed by atoms with Crippen molar-refractivity contribution in [3.63, 3.8) is 0 Å². The van der Waals surface area contributed by atoms with E-state index in [1.165, 1.54) is 0 Å². The van der Waals surface area contributed by atoms with Crippen LogP contribution in [0.5, 0.6) is 5.75 Å². The van der Waals surface area contributed by atoms with E-state index in [0.717, 1.165) is 24.2 Å². The van der Waals surface area contributed by atoms with Crippen LogP contribution in [0.15, 0.2) is 72.0 Å². The minimum atomic E-state index is -0.762. The zero-order chi connectivity index (χ0) is 25.8. The van der Waals surface area contributed by atoms with E-state index in [1.807, 2.05) is 36.4 Å². The maximum absolute atomic E-state index is 13.8. The van der Waals surface area contributed by atoms with Crippen molar-refractivity contribution in [3.05, 3.63) is 72.0 Å². The molecule has 2 aliphatic heterocycles. The second kappa shape index (κ2) is 10.7. The third-order valence-electron chi connectivity index (χ3n) is 6.65. The highest BCUT2D eigenvalue weighted by atomic mass is 16.5. The number of ether oxygens (including phenoxy) is 1. The van der Waals surface area contributed by atoms with Crippen molar-refractivity contribution in [2.75, 3.05) is 41.9 Å². The van der Waals surface area contributed by atoms with Crippen molar-refractivity contribution in [2.24, 2.45) is 0 Å². The van der Waals surface area contributed by atoms with E-state index >= 15 is 0 Å². The Morgan fingerprint density at radius 3 is 2.19 bits per heavy atom. The highest BCUT2D eigenvalue weighted by Gasteiger charge is 2.33. The first kappa shape index (κ1) is 25.0. The second-order valence-electron chi connectivity index (χ2n) is 8.73. The standard InChI is InChI=1S/C27H30N4O5/c1-18(26(33)28-35)23-15-17-31(21-9-7-20(8-10-21)30-16-5-4-6-24(30)32)27(34)25(23)29(2)19-11-13-22(36-3)14-12-19/h7-14,35H,1,4-6,15-17H2,2-3H3,(H,28,33). The molecule has 0 radical (unpaired) electrons. The molecule has 2 aliphatic rings. The Hall–Kier alpha value is -4.11. The summed E-state index contributed by atoms with van der Waals surface area (Å²) in [6.07, 6.45) is 2.79. The molecule has 0 unspecified atom stereocenters. The monoisotopic (exact) mass is 490 g/mol. The van der Waals surface area contributed by atoms with E-state index in [9.17, 15) is 14.4 Å². The van der Waals surface area contributed by atoms with Gasteiger partial charge in [0.1, 0.15) is 11.4 Å². The number of benzene rings is 2. The molecule has 0 saturated carbocycles. The summed E-state index contributed by atoms with van der Waals surface area (Å²) in [5.74, 6) is -0.278. The molecular formula is C27H30N4O5. The highest BCUT2D eigenvalue weighted by Crippen LogP contribution is 2.34. The molecule has 0 aromatic heterocycles. The van der Waals surface area contributed by atoms with Crippen molar-refractivity contribution in [2.45, 2.75) is 25.7 Å². The third kappa shape index (κ3) is 4.83. The topological polar surface area (TPSA) is 102 Å². The van der Waals surface area contributed by atoms with Gasteiger partial charge in [0, 0.05) is 49.2 Å². The minimum absolute atomic E-state index is 0.0276. The van der Waals surface area contributed by atoms with Crippen molar-refractivity contribution >= 4 is 34.8 Å². The van der Waals surface area contributed by atoms with Gasteiger partial charge in [-0.15, -0.1) is 0 Å². The predicted molar refractivity (Wildman–Crippen MR) is 137 cm³/mol. The molecule has 9 heteroatoms. The van der Waals surface area contributed by atoms with E-state index in [2.05, 4.69) is 6.58 Å². The molecule has 2 aromatic rings. The van der Waals surface area contributed by atoms with Crippen LogP contribution in [0.4, 0.5) is 17.1 Å². The van der Waals surface area contributed by atoms with E-state index in [4.69, 9.17) is 9.94 Å². The van der Waals surface area contributed by atoms with Crippen molar-refractivity contribution in [3.8, 4) is 5.75 Å². The zero-order valence-corrected chi connectivity index (χ0v) is 20.5. The number of nitrogens with one attached hydrogen (secondary N) is 1. The maximum Gasteiger partial charge on any atom is 0.275 e. The van der Waals surface area contributed by atoms with Crippen LogP contribution in [-0.4, -0.2) is 50.2 Å². The smallest absolute Gasteiger partial charge is 0.275 e. The summed E-state index contributed by atoms with van der Waals surface area (Å²) in [5, 5.41) is 9.15. The van der Waals surface area contributed by atoms with Gasteiger partial charge >= 0.3 is 0 Å². The molecule has 2 heterocycles. The average Bonchev–Trinajstić information content (AvgIpc) is 2.92. The first-order chi connectivity index (χ1) is 17.3. The molecule has 188 valence electrons. The van der Waals surface area contributed by atoms with Crippen LogP contribution >= 0.6 is 0 Å². The van der Waals surface area contributed by atoms with Gasteiger partial charge in [-0.25, -0.2) is 5.48 Å². The van der Waals surface area contributed by atoms with Crippen molar-refractivity contribution < 1.29 is 24.3 Å². The minimum Gasteiger partial charge on any atom is -0.497 e. The fourth-order valence-corrected chi connectivity index (χ4v) is 4.62. The molecule has 1 fully saturated rings. The summed E-state index contributed by atoms with van der Waals surface area (Å²) < 4.78 is 5.23. The lowest BCUT2D eigenvalue weighted by Gasteiger charge is -2.35. The number of carbonyl (C=O) groups excluding carboxylic acids is 3. The van der Waals surface area contributed by atoms with Gasteiger partial charge in [0.2, 0.25) is 5.91 Å². The second-order valence-corrected chi connectivity index (χ2v) is 8.73. The van der Waals surface area contributed by atoms with E-state index in [-0.39, 0.29) is 23.1 Å². The molecule has 9 nitrogen and oxygen atoms in total. The number of nitrogens with zero attached hydrogens (tertiary/aromatic N) is 3. The number of carbonyl (C=O) groups is 3. The lowest BCUT2D eigenvalue weighted by atomic mass is 9.95. The quantitative estimate of drug-likeness (QED) is 0.350. The van der Waals surface area contributed by atoms with Crippen LogP contribution in [0.3, 0.4) is 0 Å². The normalized spacial score (nSPS) is 16.2. The summed E-state index contributed by atoms with van der Waals surface area (Å²) in [5.41, 5.74) is 4.60. The van der Waals surface area contributed by atoms with Crippen molar-refractivity contribution in [1.82, 2.24) is 5.48 Å². The molecule has 0 spiro atoms.